The van der Waals surface area contributed by atoms with E-state index in [9.17, 15) is 13.2 Å². The molecule has 1 saturated heterocycles. The van der Waals surface area contributed by atoms with Crippen LogP contribution >= 0.6 is 12.2 Å². The molecule has 28 heavy (non-hydrogen) atoms. The van der Waals surface area contributed by atoms with Crippen LogP contribution in [0, 0.1) is 4.77 Å². The molecule has 2 fully saturated rings. The Morgan fingerprint density at radius 1 is 1.21 bits per heavy atom. The maximum absolute atomic E-state index is 13.1. The number of hydrogen-bond donors (Lipinski definition) is 2. The van der Waals surface area contributed by atoms with Gasteiger partial charge in [-0.3, -0.25) is 14.5 Å². The number of piperidine rings is 1. The summed E-state index contributed by atoms with van der Waals surface area (Å²) in [6.45, 7) is 1.17. The molecule has 10 heteroatoms. The summed E-state index contributed by atoms with van der Waals surface area (Å²) >= 11 is 5.25. The van der Waals surface area contributed by atoms with Crippen LogP contribution in [0.2, 0.25) is 0 Å². The summed E-state index contributed by atoms with van der Waals surface area (Å²) in [4.78, 5) is 12.9. The monoisotopic (exact) mass is 421 g/mol. The summed E-state index contributed by atoms with van der Waals surface area (Å²) in [7, 11) is -3.70. The number of H-pyrrole nitrogens is 1. The zero-order chi connectivity index (χ0) is 19.7. The van der Waals surface area contributed by atoms with Crippen molar-refractivity contribution in [2.75, 3.05) is 13.1 Å². The van der Waals surface area contributed by atoms with Gasteiger partial charge in [0.2, 0.25) is 10.0 Å². The number of rotatable bonds is 6. The van der Waals surface area contributed by atoms with Crippen LogP contribution in [0.4, 0.5) is 0 Å². The molecule has 1 aromatic heterocycles. The van der Waals surface area contributed by atoms with Crippen LogP contribution in [0.5, 0.6) is 0 Å². The summed E-state index contributed by atoms with van der Waals surface area (Å²) in [5, 5.41) is 9.75. The van der Waals surface area contributed by atoms with E-state index >= 15 is 0 Å². The number of amides is 1. The van der Waals surface area contributed by atoms with E-state index in [0.717, 1.165) is 32.1 Å². The molecule has 1 amide bonds. The molecule has 8 nitrogen and oxygen atoms in total. The number of benzene rings is 1. The second-order valence-electron chi connectivity index (χ2n) is 7.19. The van der Waals surface area contributed by atoms with Crippen molar-refractivity contribution < 1.29 is 13.2 Å². The van der Waals surface area contributed by atoms with Gasteiger partial charge < -0.3 is 5.32 Å². The first-order valence-electron chi connectivity index (χ1n) is 9.51. The third-order valence-electron chi connectivity index (χ3n) is 5.16. The topological polar surface area (TPSA) is 100 Å². The average molecular weight is 422 g/mol. The fourth-order valence-corrected chi connectivity index (χ4v) is 5.56. The Balaban J connectivity index is 1.55. The maximum atomic E-state index is 13.1. The molecule has 1 aliphatic carbocycles. The minimum absolute atomic E-state index is 0.0513. The lowest BCUT2D eigenvalue weighted by Gasteiger charge is -2.26. The number of sulfonamides is 1. The van der Waals surface area contributed by atoms with Crippen molar-refractivity contribution in [1.29, 1.82) is 0 Å². The van der Waals surface area contributed by atoms with Gasteiger partial charge in [0.1, 0.15) is 0 Å². The molecule has 1 saturated carbocycles. The molecular formula is C18H23N5O3S2. The van der Waals surface area contributed by atoms with Gasteiger partial charge in [-0.25, -0.2) is 8.42 Å². The highest BCUT2D eigenvalue weighted by Crippen LogP contribution is 2.35. The fourth-order valence-electron chi connectivity index (χ4n) is 3.55. The second-order valence-corrected chi connectivity index (χ2v) is 9.48. The Morgan fingerprint density at radius 3 is 2.64 bits per heavy atom. The second kappa shape index (κ2) is 7.76. The van der Waals surface area contributed by atoms with Crippen molar-refractivity contribution in [2.45, 2.75) is 49.6 Å². The minimum Gasteiger partial charge on any atom is -0.345 e. The third kappa shape index (κ3) is 3.76. The van der Waals surface area contributed by atoms with Gasteiger partial charge in [-0.05, 0) is 50.0 Å². The van der Waals surface area contributed by atoms with Gasteiger partial charge in [0.25, 0.3) is 5.91 Å². The van der Waals surface area contributed by atoms with E-state index < -0.39 is 15.9 Å². The predicted molar refractivity (Wildman–Crippen MR) is 106 cm³/mol. The van der Waals surface area contributed by atoms with Gasteiger partial charge in [-0.2, -0.15) is 9.40 Å². The molecule has 4 rings (SSSR count). The van der Waals surface area contributed by atoms with Crippen molar-refractivity contribution in [1.82, 2.24) is 24.4 Å². The molecule has 2 aliphatic rings. The Bertz CT molecular complexity index is 1030. The van der Waals surface area contributed by atoms with Crippen LogP contribution in [0.15, 0.2) is 29.2 Å². The molecular weight excluding hydrogens is 398 g/mol. The lowest BCUT2D eigenvalue weighted by Crippen LogP contribution is -2.37. The number of aromatic amines is 1. The maximum Gasteiger partial charge on any atom is 0.253 e. The largest absolute Gasteiger partial charge is 0.345 e. The molecule has 0 bridgehead atoms. The van der Waals surface area contributed by atoms with Crippen LogP contribution < -0.4 is 5.32 Å². The Labute approximate surface area is 169 Å². The molecule has 2 aromatic rings. The highest BCUT2D eigenvalue weighted by Gasteiger charge is 2.30. The molecule has 1 aliphatic heterocycles. The molecule has 0 radical (unpaired) electrons. The van der Waals surface area contributed by atoms with E-state index in [1.165, 1.54) is 10.4 Å². The number of nitrogens with one attached hydrogen (secondary N) is 2. The van der Waals surface area contributed by atoms with Crippen LogP contribution in [0.1, 0.15) is 54.3 Å². The van der Waals surface area contributed by atoms with E-state index in [0.29, 0.717) is 29.7 Å². The smallest absolute Gasteiger partial charge is 0.253 e. The minimum atomic E-state index is -3.70. The Morgan fingerprint density at radius 2 is 1.93 bits per heavy atom. The van der Waals surface area contributed by atoms with E-state index in [4.69, 9.17) is 12.2 Å². The Hall–Kier alpha value is -2.04. The summed E-state index contributed by atoms with van der Waals surface area (Å²) in [5.74, 6) is 0.213. The van der Waals surface area contributed by atoms with E-state index in [2.05, 4.69) is 15.5 Å². The number of carbonyl (C=O) groups is 1. The van der Waals surface area contributed by atoms with Crippen LogP contribution in [-0.2, 0) is 16.6 Å². The lowest BCUT2D eigenvalue weighted by atomic mass is 10.2. The summed E-state index contributed by atoms with van der Waals surface area (Å²) in [5.41, 5.74) is 0.153. The first-order chi connectivity index (χ1) is 13.5. The van der Waals surface area contributed by atoms with E-state index in [1.807, 2.05) is 4.57 Å². The lowest BCUT2D eigenvalue weighted by molar-refractivity contribution is 0.0946. The highest BCUT2D eigenvalue weighted by molar-refractivity contribution is 7.89. The highest BCUT2D eigenvalue weighted by atomic mass is 32.2. The molecule has 2 heterocycles. The zero-order valence-corrected chi connectivity index (χ0v) is 17.1. The molecule has 1 aromatic carbocycles. The molecule has 0 spiro atoms. The summed E-state index contributed by atoms with van der Waals surface area (Å²) in [6.07, 6.45) is 4.82. The quantitative estimate of drug-likeness (QED) is 0.698. The van der Waals surface area contributed by atoms with Crippen molar-refractivity contribution in [2.24, 2.45) is 0 Å². The summed E-state index contributed by atoms with van der Waals surface area (Å²) < 4.78 is 30.0. The first kappa shape index (κ1) is 19.3. The van der Waals surface area contributed by atoms with Crippen molar-refractivity contribution >= 4 is 28.1 Å². The van der Waals surface area contributed by atoms with Crippen LogP contribution in [0.25, 0.3) is 0 Å². The van der Waals surface area contributed by atoms with Gasteiger partial charge >= 0.3 is 0 Å². The molecule has 2 N–H and O–H groups in total. The van der Waals surface area contributed by atoms with Crippen LogP contribution in [-0.4, -0.2) is 46.5 Å². The molecule has 0 atom stereocenters. The Kier molecular flexibility index (Phi) is 5.35. The standard InChI is InChI=1S/C18H23N5O3S2/c24-17(19-12-16-20-21-18(27)23(16)13-8-9-13)14-6-2-3-7-15(14)28(25,26)22-10-4-1-5-11-22/h2-3,6-7,13H,1,4-5,8-12H2,(H,19,24)(H,21,27). The van der Waals surface area contributed by atoms with Gasteiger partial charge in [0, 0.05) is 19.1 Å². The van der Waals surface area contributed by atoms with Crippen LogP contribution in [0.3, 0.4) is 0 Å². The predicted octanol–water partition coefficient (Wildman–Crippen LogP) is 2.38. The van der Waals surface area contributed by atoms with Gasteiger partial charge in [-0.1, -0.05) is 18.6 Å². The molecule has 0 unspecified atom stereocenters. The SMILES string of the molecule is O=C(NCc1n[nH]c(=S)n1C1CC1)c1ccccc1S(=O)(=O)N1CCCCC1. The number of carbonyl (C=O) groups excluding carboxylic acids is 1. The van der Waals surface area contributed by atoms with Crippen molar-refractivity contribution in [3.05, 3.63) is 40.4 Å². The number of nitrogens with zero attached hydrogens (tertiary/aromatic N) is 3. The third-order valence-corrected chi connectivity index (χ3v) is 7.41. The number of aromatic nitrogens is 3. The van der Waals surface area contributed by atoms with Gasteiger partial charge in [0.05, 0.1) is 17.0 Å². The zero-order valence-electron chi connectivity index (χ0n) is 15.4. The average Bonchev–Trinajstić information content (AvgIpc) is 3.49. The number of hydrogen-bond acceptors (Lipinski definition) is 5. The summed E-state index contributed by atoms with van der Waals surface area (Å²) in [6, 6.07) is 6.70. The van der Waals surface area contributed by atoms with Crippen molar-refractivity contribution in [3.8, 4) is 0 Å². The van der Waals surface area contributed by atoms with Gasteiger partial charge in [0.15, 0.2) is 10.6 Å². The van der Waals surface area contributed by atoms with Crippen molar-refractivity contribution in [3.63, 3.8) is 0 Å². The van der Waals surface area contributed by atoms with E-state index in [1.54, 1.807) is 18.2 Å². The van der Waals surface area contributed by atoms with Gasteiger partial charge in [-0.15, -0.1) is 0 Å². The molecule has 150 valence electrons. The first-order valence-corrected chi connectivity index (χ1v) is 11.4. The van der Waals surface area contributed by atoms with E-state index in [-0.39, 0.29) is 17.0 Å². The fraction of sp³-hybridized carbons (Fsp3) is 0.500. The normalized spacial score (nSPS) is 18.1.